The van der Waals surface area contributed by atoms with Gasteiger partial charge >= 0.3 is 0 Å². The van der Waals surface area contributed by atoms with Crippen LogP contribution in [-0.2, 0) is 16.2 Å². The van der Waals surface area contributed by atoms with Gasteiger partial charge < -0.3 is 4.90 Å². The Bertz CT molecular complexity index is 3430. The molecule has 10 aromatic carbocycles. The second kappa shape index (κ2) is 16.2. The number of nitrogens with zero attached hydrogens (tertiary/aromatic N) is 1. The highest BCUT2D eigenvalue weighted by molar-refractivity contribution is 5.99. The van der Waals surface area contributed by atoms with E-state index < -0.39 is 5.41 Å². The van der Waals surface area contributed by atoms with Crippen molar-refractivity contribution in [2.45, 2.75) is 56.8 Å². The molecule has 0 radical (unpaired) electrons. The Balaban J connectivity index is 1.11. The molecule has 0 bridgehead atoms. The van der Waals surface area contributed by atoms with Crippen LogP contribution in [0.5, 0.6) is 0 Å². The van der Waals surface area contributed by atoms with E-state index in [2.05, 4.69) is 269 Å². The highest BCUT2D eigenvalue weighted by Crippen LogP contribution is 2.59. The van der Waals surface area contributed by atoms with Crippen molar-refractivity contribution in [1.29, 1.82) is 0 Å². The minimum atomic E-state index is -0.556. The van der Waals surface area contributed by atoms with Crippen LogP contribution in [0.15, 0.2) is 237 Å². The summed E-state index contributed by atoms with van der Waals surface area (Å²) in [5.41, 5.74) is 21.0. The molecule has 12 rings (SSSR count). The first-order chi connectivity index (χ1) is 33.2. The van der Waals surface area contributed by atoms with Crippen LogP contribution < -0.4 is 4.90 Å². The van der Waals surface area contributed by atoms with E-state index in [9.17, 15) is 0 Å². The molecule has 68 heavy (non-hydrogen) atoms. The average Bonchev–Trinajstić information content (AvgIpc) is 3.68. The number of benzene rings is 10. The minimum absolute atomic E-state index is 0.0873. The van der Waals surface area contributed by atoms with Gasteiger partial charge in [-0.15, -0.1) is 0 Å². The Morgan fingerprint density at radius 2 is 0.824 bits per heavy atom. The second-order valence-corrected chi connectivity index (χ2v) is 20.3. The highest BCUT2D eigenvalue weighted by Gasteiger charge is 2.47. The van der Waals surface area contributed by atoms with Gasteiger partial charge in [-0.1, -0.05) is 228 Å². The van der Waals surface area contributed by atoms with Crippen LogP contribution in [0.2, 0.25) is 0 Å². The lowest BCUT2D eigenvalue weighted by atomic mass is 9.61. The van der Waals surface area contributed by atoms with Crippen molar-refractivity contribution >= 4 is 27.8 Å². The Kier molecular flexibility index (Phi) is 9.96. The van der Waals surface area contributed by atoms with E-state index in [1.807, 2.05) is 0 Å². The number of fused-ring (bicyclic) bond motifs is 5. The van der Waals surface area contributed by atoms with Gasteiger partial charge in [0.25, 0.3) is 0 Å². The van der Waals surface area contributed by atoms with Crippen molar-refractivity contribution in [3.63, 3.8) is 0 Å². The van der Waals surface area contributed by atoms with E-state index in [-0.39, 0.29) is 10.8 Å². The molecule has 0 saturated carbocycles. The first-order valence-corrected chi connectivity index (χ1v) is 24.3. The molecule has 0 fully saturated rings. The summed E-state index contributed by atoms with van der Waals surface area (Å²) in [5.74, 6) is 0. The lowest BCUT2D eigenvalue weighted by Crippen LogP contribution is -2.34. The van der Waals surface area contributed by atoms with Crippen LogP contribution in [0.3, 0.4) is 0 Å². The lowest BCUT2D eigenvalue weighted by Gasteiger charge is -2.43. The summed E-state index contributed by atoms with van der Waals surface area (Å²) in [6.45, 7) is 9.71. The van der Waals surface area contributed by atoms with Gasteiger partial charge in [-0.2, -0.15) is 0 Å². The summed E-state index contributed by atoms with van der Waals surface area (Å²) in [6.07, 6.45) is 2.37. The number of rotatable bonds is 8. The molecule has 0 spiro atoms. The van der Waals surface area contributed by atoms with Gasteiger partial charge in [0, 0.05) is 16.9 Å². The molecule has 0 saturated heterocycles. The summed E-state index contributed by atoms with van der Waals surface area (Å²) < 4.78 is 0. The maximum atomic E-state index is 2.53. The standard InChI is InChI=1S/C67H55N/c1-65(2)42-43-66(3,4)64-56(31-19-33-61(64)65)48-34-36-49(37-35-48)58-44-59-57-29-16-17-32-60(57)67(50-22-8-5-9-23-50,51-24-10-6-11-25-51)62(59)45-63(58)68(52-26-12-7-13-27-52)53-40-38-47(39-41-53)55-30-18-21-46-20-14-15-28-54(46)55/h5-41,44-45H,42-43H2,1-4H3. The van der Waals surface area contributed by atoms with E-state index >= 15 is 0 Å². The first kappa shape index (κ1) is 41.7. The minimum Gasteiger partial charge on any atom is -0.310 e. The van der Waals surface area contributed by atoms with Gasteiger partial charge in [-0.3, -0.25) is 0 Å². The monoisotopic (exact) mass is 873 g/mol. The SMILES string of the molecule is CC1(C)CCC(C)(C)c2c(-c3ccc(-c4cc5c(cc4N(c4ccccc4)c4ccc(-c6cccc7ccccc67)cc4)C(c4ccccc4)(c4ccccc4)c4ccccc4-5)cc3)cccc21. The summed E-state index contributed by atoms with van der Waals surface area (Å²) in [6, 6.07) is 88.4. The van der Waals surface area contributed by atoms with E-state index in [4.69, 9.17) is 0 Å². The topological polar surface area (TPSA) is 3.24 Å². The number of hydrogen-bond donors (Lipinski definition) is 0. The maximum Gasteiger partial charge on any atom is 0.0714 e. The normalized spacial score (nSPS) is 15.0. The third kappa shape index (κ3) is 6.67. The van der Waals surface area contributed by atoms with Gasteiger partial charge in [0.15, 0.2) is 0 Å². The molecule has 1 heteroatoms. The van der Waals surface area contributed by atoms with Crippen LogP contribution in [0.25, 0.3) is 55.3 Å². The smallest absolute Gasteiger partial charge is 0.0714 e. The van der Waals surface area contributed by atoms with Gasteiger partial charge in [-0.25, -0.2) is 0 Å². The zero-order chi connectivity index (χ0) is 46.0. The van der Waals surface area contributed by atoms with Crippen LogP contribution in [-0.4, -0.2) is 0 Å². The molecular formula is C67H55N. The Morgan fingerprint density at radius 3 is 1.53 bits per heavy atom. The molecule has 2 aliphatic rings. The largest absolute Gasteiger partial charge is 0.310 e. The molecule has 10 aromatic rings. The Labute approximate surface area is 402 Å². The van der Waals surface area contributed by atoms with Crippen molar-refractivity contribution in [3.05, 3.63) is 270 Å². The maximum absolute atomic E-state index is 2.53. The molecule has 1 nitrogen and oxygen atoms in total. The summed E-state index contributed by atoms with van der Waals surface area (Å²) in [4.78, 5) is 2.48. The molecule has 0 amide bonds. The third-order valence-corrected chi connectivity index (χ3v) is 15.4. The molecular weight excluding hydrogens is 819 g/mol. The van der Waals surface area contributed by atoms with Crippen molar-refractivity contribution in [2.75, 3.05) is 4.90 Å². The fraction of sp³-hybridized carbons (Fsp3) is 0.134. The van der Waals surface area contributed by atoms with E-state index in [0.717, 1.165) is 17.1 Å². The fourth-order valence-electron chi connectivity index (χ4n) is 12.0. The molecule has 0 aromatic heterocycles. The Morgan fingerprint density at radius 1 is 0.338 bits per heavy atom. The van der Waals surface area contributed by atoms with Crippen molar-refractivity contribution in [2.24, 2.45) is 0 Å². The number of hydrogen-bond acceptors (Lipinski definition) is 1. The molecule has 0 atom stereocenters. The summed E-state index contributed by atoms with van der Waals surface area (Å²) >= 11 is 0. The van der Waals surface area contributed by atoms with E-state index in [1.165, 1.54) is 102 Å². The van der Waals surface area contributed by atoms with Crippen LogP contribution in [0.1, 0.15) is 73.9 Å². The van der Waals surface area contributed by atoms with Crippen molar-refractivity contribution in [3.8, 4) is 44.5 Å². The Hall–Kier alpha value is -7.74. The van der Waals surface area contributed by atoms with E-state index in [0.29, 0.717) is 0 Å². The summed E-state index contributed by atoms with van der Waals surface area (Å²) in [7, 11) is 0. The van der Waals surface area contributed by atoms with E-state index in [1.54, 1.807) is 0 Å². The zero-order valence-corrected chi connectivity index (χ0v) is 39.4. The summed E-state index contributed by atoms with van der Waals surface area (Å²) in [5, 5.41) is 2.50. The van der Waals surface area contributed by atoms with Crippen LogP contribution >= 0.6 is 0 Å². The van der Waals surface area contributed by atoms with Crippen molar-refractivity contribution < 1.29 is 0 Å². The molecule has 2 aliphatic carbocycles. The van der Waals surface area contributed by atoms with Crippen molar-refractivity contribution in [1.82, 2.24) is 0 Å². The lowest BCUT2D eigenvalue weighted by molar-refractivity contribution is 0.333. The predicted molar refractivity (Wildman–Crippen MR) is 288 cm³/mol. The van der Waals surface area contributed by atoms with Gasteiger partial charge in [-0.05, 0) is 143 Å². The zero-order valence-electron chi connectivity index (χ0n) is 39.4. The van der Waals surface area contributed by atoms with Gasteiger partial charge in [0.05, 0.1) is 11.1 Å². The first-order valence-electron chi connectivity index (χ1n) is 24.3. The van der Waals surface area contributed by atoms with Gasteiger partial charge in [0.2, 0.25) is 0 Å². The molecule has 0 heterocycles. The quantitative estimate of drug-likeness (QED) is 0.147. The predicted octanol–water partition coefficient (Wildman–Crippen LogP) is 18.0. The van der Waals surface area contributed by atoms with Crippen LogP contribution in [0.4, 0.5) is 17.1 Å². The average molecular weight is 874 g/mol. The number of para-hydroxylation sites is 1. The number of anilines is 3. The molecule has 0 aliphatic heterocycles. The molecule has 328 valence electrons. The van der Waals surface area contributed by atoms with Gasteiger partial charge in [0.1, 0.15) is 0 Å². The third-order valence-electron chi connectivity index (χ3n) is 15.4. The molecule has 0 N–H and O–H groups in total. The second-order valence-electron chi connectivity index (χ2n) is 20.3. The highest BCUT2D eigenvalue weighted by atomic mass is 15.1. The van der Waals surface area contributed by atoms with Crippen LogP contribution in [0, 0.1) is 0 Å². The molecule has 0 unspecified atom stereocenters. The fourth-order valence-corrected chi connectivity index (χ4v) is 12.0.